The Morgan fingerprint density at radius 2 is 2.20 bits per heavy atom. The standard InChI is InChI=1S/C15H23BrN2O2/c1-10(2)18-8-12(16)7-14(18)15(20)17-13-6-4-3-5-11(13)9-19/h7-8,10-11,13,19H,3-6,9H2,1-2H3,(H,17,20). The second kappa shape index (κ2) is 6.76. The number of carbonyl (C=O) groups is 1. The molecule has 1 fully saturated rings. The number of amides is 1. The van der Waals surface area contributed by atoms with Gasteiger partial charge in [0.2, 0.25) is 0 Å². The molecule has 1 heterocycles. The number of carbonyl (C=O) groups excluding carboxylic acids is 1. The Balaban J connectivity index is 2.11. The highest BCUT2D eigenvalue weighted by atomic mass is 79.9. The summed E-state index contributed by atoms with van der Waals surface area (Å²) >= 11 is 3.43. The topological polar surface area (TPSA) is 54.3 Å². The molecule has 0 radical (unpaired) electrons. The van der Waals surface area contributed by atoms with Gasteiger partial charge in [-0.15, -0.1) is 0 Å². The van der Waals surface area contributed by atoms with Gasteiger partial charge in [0.25, 0.3) is 5.91 Å². The third-order valence-corrected chi connectivity index (χ3v) is 4.50. The Bertz CT molecular complexity index is 470. The number of nitrogens with zero attached hydrogens (tertiary/aromatic N) is 1. The monoisotopic (exact) mass is 342 g/mol. The van der Waals surface area contributed by atoms with E-state index in [1.165, 1.54) is 0 Å². The lowest BCUT2D eigenvalue weighted by Gasteiger charge is -2.31. The molecule has 0 bridgehead atoms. The predicted molar refractivity (Wildman–Crippen MR) is 82.8 cm³/mol. The van der Waals surface area contributed by atoms with Crippen LogP contribution < -0.4 is 5.32 Å². The summed E-state index contributed by atoms with van der Waals surface area (Å²) < 4.78 is 2.88. The number of aliphatic hydroxyl groups excluding tert-OH is 1. The first-order valence-electron chi connectivity index (χ1n) is 7.32. The molecule has 1 amide bonds. The third-order valence-electron chi connectivity index (χ3n) is 4.06. The summed E-state index contributed by atoms with van der Waals surface area (Å²) in [4.78, 5) is 12.5. The number of hydrogen-bond acceptors (Lipinski definition) is 2. The van der Waals surface area contributed by atoms with Crippen molar-refractivity contribution >= 4 is 21.8 Å². The first-order chi connectivity index (χ1) is 9.52. The quantitative estimate of drug-likeness (QED) is 0.883. The smallest absolute Gasteiger partial charge is 0.268 e. The molecule has 20 heavy (non-hydrogen) atoms. The van der Waals surface area contributed by atoms with E-state index in [2.05, 4.69) is 35.1 Å². The fourth-order valence-electron chi connectivity index (χ4n) is 2.91. The highest BCUT2D eigenvalue weighted by molar-refractivity contribution is 9.10. The minimum absolute atomic E-state index is 0.0465. The van der Waals surface area contributed by atoms with Gasteiger partial charge in [-0.05, 0) is 48.7 Å². The lowest BCUT2D eigenvalue weighted by molar-refractivity contribution is 0.0862. The third kappa shape index (κ3) is 3.44. The molecule has 2 N–H and O–H groups in total. The number of aromatic nitrogens is 1. The Kier molecular flexibility index (Phi) is 5.27. The Morgan fingerprint density at radius 3 is 2.85 bits per heavy atom. The van der Waals surface area contributed by atoms with Gasteiger partial charge in [0.15, 0.2) is 0 Å². The molecule has 1 aromatic rings. The molecule has 2 atom stereocenters. The van der Waals surface area contributed by atoms with Gasteiger partial charge in [0, 0.05) is 35.3 Å². The second-order valence-corrected chi connectivity index (χ2v) is 6.77. The zero-order valence-corrected chi connectivity index (χ0v) is 13.7. The molecule has 0 saturated heterocycles. The van der Waals surface area contributed by atoms with Crippen LogP contribution in [0.3, 0.4) is 0 Å². The van der Waals surface area contributed by atoms with E-state index in [1.54, 1.807) is 0 Å². The summed E-state index contributed by atoms with van der Waals surface area (Å²) in [6.45, 7) is 4.26. The maximum atomic E-state index is 12.5. The van der Waals surface area contributed by atoms with Crippen LogP contribution in [0.4, 0.5) is 0 Å². The second-order valence-electron chi connectivity index (χ2n) is 5.85. The van der Waals surface area contributed by atoms with Gasteiger partial charge in [-0.2, -0.15) is 0 Å². The lowest BCUT2D eigenvalue weighted by Crippen LogP contribution is -2.44. The summed E-state index contributed by atoms with van der Waals surface area (Å²) in [5.74, 6) is 0.147. The lowest BCUT2D eigenvalue weighted by atomic mass is 9.85. The van der Waals surface area contributed by atoms with Crippen molar-refractivity contribution in [3.8, 4) is 0 Å². The summed E-state index contributed by atoms with van der Waals surface area (Å²) in [7, 11) is 0. The average Bonchev–Trinajstić information content (AvgIpc) is 2.82. The number of rotatable bonds is 4. The summed E-state index contributed by atoms with van der Waals surface area (Å²) in [5.41, 5.74) is 0.675. The van der Waals surface area contributed by atoms with Crippen LogP contribution in [0.5, 0.6) is 0 Å². The van der Waals surface area contributed by atoms with Crippen molar-refractivity contribution in [1.29, 1.82) is 0 Å². The largest absolute Gasteiger partial charge is 0.396 e. The van der Waals surface area contributed by atoms with Crippen molar-refractivity contribution < 1.29 is 9.90 Å². The van der Waals surface area contributed by atoms with Gasteiger partial charge in [-0.25, -0.2) is 0 Å². The van der Waals surface area contributed by atoms with Gasteiger partial charge in [-0.1, -0.05) is 12.8 Å². The SMILES string of the molecule is CC(C)n1cc(Br)cc1C(=O)NC1CCCCC1CO. The summed E-state index contributed by atoms with van der Waals surface area (Å²) in [5, 5.41) is 12.5. The van der Waals surface area contributed by atoms with Crippen molar-refractivity contribution in [2.75, 3.05) is 6.61 Å². The molecule has 112 valence electrons. The molecule has 1 aromatic heterocycles. The molecule has 0 aromatic carbocycles. The average molecular weight is 343 g/mol. The van der Waals surface area contributed by atoms with Crippen molar-refractivity contribution in [3.63, 3.8) is 0 Å². The van der Waals surface area contributed by atoms with Crippen LogP contribution in [0, 0.1) is 5.92 Å². The van der Waals surface area contributed by atoms with E-state index in [0.29, 0.717) is 5.69 Å². The molecule has 1 aliphatic carbocycles. The highest BCUT2D eigenvalue weighted by Crippen LogP contribution is 2.25. The Hall–Kier alpha value is -0.810. The van der Waals surface area contributed by atoms with E-state index in [-0.39, 0.29) is 30.5 Å². The van der Waals surface area contributed by atoms with Crippen LogP contribution in [0.1, 0.15) is 56.1 Å². The van der Waals surface area contributed by atoms with Gasteiger partial charge in [-0.3, -0.25) is 4.79 Å². The number of hydrogen-bond donors (Lipinski definition) is 2. The summed E-state index contributed by atoms with van der Waals surface area (Å²) in [6.07, 6.45) is 6.16. The van der Waals surface area contributed by atoms with E-state index in [9.17, 15) is 9.90 Å². The van der Waals surface area contributed by atoms with Crippen LogP contribution in [0.2, 0.25) is 0 Å². The minimum atomic E-state index is -0.0465. The van der Waals surface area contributed by atoms with E-state index in [0.717, 1.165) is 30.2 Å². The zero-order chi connectivity index (χ0) is 14.7. The molecule has 1 saturated carbocycles. The van der Waals surface area contributed by atoms with Gasteiger partial charge in [0.1, 0.15) is 5.69 Å². The fourth-order valence-corrected chi connectivity index (χ4v) is 3.35. The zero-order valence-electron chi connectivity index (χ0n) is 12.1. The molecule has 5 heteroatoms. The van der Waals surface area contributed by atoms with Crippen molar-refractivity contribution in [2.24, 2.45) is 5.92 Å². The molecule has 2 rings (SSSR count). The van der Waals surface area contributed by atoms with Crippen LogP contribution in [-0.2, 0) is 0 Å². The minimum Gasteiger partial charge on any atom is -0.396 e. The maximum absolute atomic E-state index is 12.5. The Morgan fingerprint density at radius 1 is 1.50 bits per heavy atom. The molecule has 0 spiro atoms. The van der Waals surface area contributed by atoms with E-state index >= 15 is 0 Å². The molecular formula is C15H23BrN2O2. The van der Waals surface area contributed by atoms with Crippen LogP contribution in [0.15, 0.2) is 16.7 Å². The molecule has 0 aliphatic heterocycles. The first-order valence-corrected chi connectivity index (χ1v) is 8.11. The fraction of sp³-hybridized carbons (Fsp3) is 0.667. The van der Waals surface area contributed by atoms with Gasteiger partial charge < -0.3 is 15.0 Å². The Labute approximate surface area is 128 Å². The maximum Gasteiger partial charge on any atom is 0.268 e. The molecular weight excluding hydrogens is 320 g/mol. The first kappa shape index (κ1) is 15.6. The van der Waals surface area contributed by atoms with Crippen LogP contribution >= 0.6 is 15.9 Å². The summed E-state index contributed by atoms with van der Waals surface area (Å²) in [6, 6.07) is 2.18. The van der Waals surface area contributed by atoms with Crippen molar-refractivity contribution in [2.45, 2.75) is 51.6 Å². The predicted octanol–water partition coefficient (Wildman–Crippen LogP) is 3.11. The van der Waals surface area contributed by atoms with Gasteiger partial charge >= 0.3 is 0 Å². The molecule has 4 nitrogen and oxygen atoms in total. The normalized spacial score (nSPS) is 23.1. The van der Waals surface area contributed by atoms with E-state index < -0.39 is 0 Å². The van der Waals surface area contributed by atoms with Crippen molar-refractivity contribution in [1.82, 2.24) is 9.88 Å². The van der Waals surface area contributed by atoms with Crippen LogP contribution in [-0.4, -0.2) is 28.2 Å². The van der Waals surface area contributed by atoms with Gasteiger partial charge in [0.05, 0.1) is 0 Å². The molecule has 1 aliphatic rings. The number of halogens is 1. The molecule has 2 unspecified atom stereocenters. The van der Waals surface area contributed by atoms with E-state index in [4.69, 9.17) is 0 Å². The van der Waals surface area contributed by atoms with Crippen molar-refractivity contribution in [3.05, 3.63) is 22.4 Å². The number of nitrogens with one attached hydrogen (secondary N) is 1. The highest BCUT2D eigenvalue weighted by Gasteiger charge is 2.27. The van der Waals surface area contributed by atoms with E-state index in [1.807, 2.05) is 16.8 Å². The van der Waals surface area contributed by atoms with Crippen LogP contribution in [0.25, 0.3) is 0 Å². The number of aliphatic hydroxyl groups is 1.